The summed E-state index contributed by atoms with van der Waals surface area (Å²) in [6.07, 6.45) is 4.40. The Hall–Kier alpha value is -1.84. The van der Waals surface area contributed by atoms with Gasteiger partial charge in [0.25, 0.3) is 0 Å². The monoisotopic (exact) mass is 245 g/mol. The molecule has 1 aliphatic rings. The van der Waals surface area contributed by atoms with Crippen LogP contribution in [-0.2, 0) is 4.79 Å². The summed E-state index contributed by atoms with van der Waals surface area (Å²) in [5.74, 6) is -0.0432. The summed E-state index contributed by atoms with van der Waals surface area (Å²) in [4.78, 5) is 18.6. The quantitative estimate of drug-likeness (QED) is 0.822. The summed E-state index contributed by atoms with van der Waals surface area (Å²) in [6.45, 7) is 5.90. The van der Waals surface area contributed by atoms with E-state index >= 15 is 0 Å². The second-order valence-corrected chi connectivity index (χ2v) is 4.84. The van der Waals surface area contributed by atoms with Crippen LogP contribution in [0.5, 0.6) is 0 Å². The summed E-state index contributed by atoms with van der Waals surface area (Å²) >= 11 is 0. The lowest BCUT2D eigenvalue weighted by molar-refractivity contribution is -0.116. The first kappa shape index (κ1) is 12.6. The molecular formula is C14H19N3O. The largest absolute Gasteiger partial charge is 0.404 e. The molecule has 0 spiro atoms. The van der Waals surface area contributed by atoms with Gasteiger partial charge in [0.1, 0.15) is 0 Å². The molecule has 2 heterocycles. The Morgan fingerprint density at radius 3 is 2.56 bits per heavy atom. The molecule has 0 unspecified atom stereocenters. The standard InChI is InChI=1S/C14H19N3O/c1-10(2)14(18)12(8-15)13-5-4-11(9-16-13)17-6-3-7-17/h4-5,8-10H,3,6-7,15H2,1-2H3. The zero-order chi connectivity index (χ0) is 13.1. The van der Waals surface area contributed by atoms with E-state index in [1.807, 2.05) is 32.2 Å². The molecule has 1 fully saturated rings. The Kier molecular flexibility index (Phi) is 3.65. The summed E-state index contributed by atoms with van der Waals surface area (Å²) in [6, 6.07) is 3.87. The van der Waals surface area contributed by atoms with Crippen LogP contribution in [-0.4, -0.2) is 23.9 Å². The van der Waals surface area contributed by atoms with Crippen LogP contribution in [0.2, 0.25) is 0 Å². The second kappa shape index (κ2) is 5.21. The predicted octanol–water partition coefficient (Wildman–Crippen LogP) is 1.82. The van der Waals surface area contributed by atoms with Gasteiger partial charge in [-0.05, 0) is 18.6 Å². The average Bonchev–Trinajstić information content (AvgIpc) is 2.29. The Balaban J connectivity index is 2.19. The van der Waals surface area contributed by atoms with Crippen molar-refractivity contribution in [2.24, 2.45) is 11.7 Å². The molecule has 2 N–H and O–H groups in total. The molecule has 4 heteroatoms. The minimum absolute atomic E-state index is 0.0294. The number of nitrogens with two attached hydrogens (primary N) is 1. The molecule has 0 aliphatic carbocycles. The Morgan fingerprint density at radius 1 is 1.44 bits per heavy atom. The van der Waals surface area contributed by atoms with Crippen molar-refractivity contribution in [1.82, 2.24) is 4.98 Å². The number of carbonyl (C=O) groups is 1. The molecule has 1 aromatic heterocycles. The fourth-order valence-electron chi connectivity index (χ4n) is 1.91. The smallest absolute Gasteiger partial charge is 0.169 e. The number of ketones is 1. The van der Waals surface area contributed by atoms with Crippen molar-refractivity contribution in [3.63, 3.8) is 0 Å². The zero-order valence-corrected chi connectivity index (χ0v) is 10.9. The molecule has 1 aromatic rings. The lowest BCUT2D eigenvalue weighted by atomic mass is 9.99. The van der Waals surface area contributed by atoms with Gasteiger partial charge in [-0.1, -0.05) is 13.8 Å². The Morgan fingerprint density at radius 2 is 2.17 bits per heavy atom. The van der Waals surface area contributed by atoms with Crippen molar-refractivity contribution < 1.29 is 4.79 Å². The highest BCUT2D eigenvalue weighted by atomic mass is 16.1. The molecule has 96 valence electrons. The molecule has 0 bridgehead atoms. The fraction of sp³-hybridized carbons (Fsp3) is 0.429. The first-order valence-corrected chi connectivity index (χ1v) is 6.31. The van der Waals surface area contributed by atoms with Gasteiger partial charge in [0, 0.05) is 25.2 Å². The van der Waals surface area contributed by atoms with Gasteiger partial charge in [-0.15, -0.1) is 0 Å². The van der Waals surface area contributed by atoms with E-state index in [2.05, 4.69) is 9.88 Å². The van der Waals surface area contributed by atoms with Crippen LogP contribution >= 0.6 is 0 Å². The Bertz CT molecular complexity index is 458. The third kappa shape index (κ3) is 2.37. The molecule has 4 nitrogen and oxygen atoms in total. The number of hydrogen-bond acceptors (Lipinski definition) is 4. The number of Topliss-reactive ketones (excluding diaryl/α,β-unsaturated/α-hetero) is 1. The normalized spacial score (nSPS) is 15.7. The van der Waals surface area contributed by atoms with E-state index in [0.717, 1.165) is 18.8 Å². The van der Waals surface area contributed by atoms with E-state index in [4.69, 9.17) is 5.73 Å². The number of aromatic nitrogens is 1. The van der Waals surface area contributed by atoms with Gasteiger partial charge in [0.15, 0.2) is 5.78 Å². The SMILES string of the molecule is CC(C)C(=O)C(=CN)c1ccc(N2CCC2)cn1. The van der Waals surface area contributed by atoms with E-state index < -0.39 is 0 Å². The van der Waals surface area contributed by atoms with Crippen LogP contribution in [0.1, 0.15) is 26.0 Å². The van der Waals surface area contributed by atoms with E-state index in [9.17, 15) is 4.79 Å². The summed E-state index contributed by atoms with van der Waals surface area (Å²) in [7, 11) is 0. The third-order valence-electron chi connectivity index (χ3n) is 3.20. The van der Waals surface area contributed by atoms with Crippen LogP contribution in [0.15, 0.2) is 24.5 Å². The minimum Gasteiger partial charge on any atom is -0.404 e. The van der Waals surface area contributed by atoms with Gasteiger partial charge in [-0.2, -0.15) is 0 Å². The highest BCUT2D eigenvalue weighted by Gasteiger charge is 2.18. The highest BCUT2D eigenvalue weighted by Crippen LogP contribution is 2.22. The minimum atomic E-state index is -0.0725. The van der Waals surface area contributed by atoms with Gasteiger partial charge in [-0.3, -0.25) is 9.78 Å². The lowest BCUT2D eigenvalue weighted by Gasteiger charge is -2.32. The second-order valence-electron chi connectivity index (χ2n) is 4.84. The Labute approximate surface area is 108 Å². The van der Waals surface area contributed by atoms with Gasteiger partial charge in [0.2, 0.25) is 0 Å². The van der Waals surface area contributed by atoms with Gasteiger partial charge in [0.05, 0.1) is 23.2 Å². The number of anilines is 1. The molecule has 0 saturated carbocycles. The predicted molar refractivity (Wildman–Crippen MR) is 73.1 cm³/mol. The maximum Gasteiger partial charge on any atom is 0.169 e. The molecule has 1 aliphatic heterocycles. The molecule has 18 heavy (non-hydrogen) atoms. The van der Waals surface area contributed by atoms with Crippen molar-refractivity contribution in [2.75, 3.05) is 18.0 Å². The van der Waals surface area contributed by atoms with E-state index in [1.54, 1.807) is 0 Å². The number of carbonyl (C=O) groups excluding carboxylic acids is 1. The van der Waals surface area contributed by atoms with Crippen molar-refractivity contribution in [2.45, 2.75) is 20.3 Å². The summed E-state index contributed by atoms with van der Waals surface area (Å²) in [5, 5.41) is 0. The number of pyridine rings is 1. The van der Waals surface area contributed by atoms with Crippen molar-refractivity contribution in [3.8, 4) is 0 Å². The number of allylic oxidation sites excluding steroid dienone is 1. The van der Waals surface area contributed by atoms with Crippen molar-refractivity contribution in [3.05, 3.63) is 30.2 Å². The summed E-state index contributed by atoms with van der Waals surface area (Å²) < 4.78 is 0. The molecule has 0 atom stereocenters. The highest BCUT2D eigenvalue weighted by molar-refractivity contribution is 6.20. The topological polar surface area (TPSA) is 59.2 Å². The zero-order valence-electron chi connectivity index (χ0n) is 10.9. The first-order valence-electron chi connectivity index (χ1n) is 6.31. The lowest BCUT2D eigenvalue weighted by Crippen LogP contribution is -2.37. The third-order valence-corrected chi connectivity index (χ3v) is 3.20. The van der Waals surface area contributed by atoms with Crippen molar-refractivity contribution in [1.29, 1.82) is 0 Å². The maximum absolute atomic E-state index is 12.0. The first-order chi connectivity index (χ1) is 8.63. The van der Waals surface area contributed by atoms with E-state index in [0.29, 0.717) is 11.3 Å². The van der Waals surface area contributed by atoms with E-state index in [-0.39, 0.29) is 11.7 Å². The average molecular weight is 245 g/mol. The van der Waals surface area contributed by atoms with Gasteiger partial charge in [-0.25, -0.2) is 0 Å². The van der Waals surface area contributed by atoms with Crippen LogP contribution in [0, 0.1) is 5.92 Å². The molecular weight excluding hydrogens is 226 g/mol. The molecule has 0 amide bonds. The number of nitrogens with zero attached hydrogens (tertiary/aromatic N) is 2. The van der Waals surface area contributed by atoms with Crippen LogP contribution in [0.3, 0.4) is 0 Å². The van der Waals surface area contributed by atoms with Gasteiger partial charge >= 0.3 is 0 Å². The van der Waals surface area contributed by atoms with Gasteiger partial charge < -0.3 is 10.6 Å². The molecule has 2 rings (SSSR count). The van der Waals surface area contributed by atoms with Crippen LogP contribution in [0.25, 0.3) is 5.57 Å². The van der Waals surface area contributed by atoms with Crippen molar-refractivity contribution >= 4 is 17.0 Å². The molecule has 0 radical (unpaired) electrons. The fourth-order valence-corrected chi connectivity index (χ4v) is 1.91. The maximum atomic E-state index is 12.0. The van der Waals surface area contributed by atoms with Crippen LogP contribution in [0.4, 0.5) is 5.69 Å². The molecule has 1 saturated heterocycles. The number of hydrogen-bond donors (Lipinski definition) is 1. The molecule has 0 aromatic carbocycles. The van der Waals surface area contributed by atoms with Crippen LogP contribution < -0.4 is 10.6 Å². The number of rotatable bonds is 4. The summed E-state index contributed by atoms with van der Waals surface area (Å²) in [5.41, 5.74) is 7.81. The van der Waals surface area contributed by atoms with E-state index in [1.165, 1.54) is 12.6 Å².